The van der Waals surface area contributed by atoms with Crippen molar-refractivity contribution in [2.45, 2.75) is 65.1 Å². The van der Waals surface area contributed by atoms with Crippen LogP contribution < -0.4 is 5.32 Å². The van der Waals surface area contributed by atoms with Gasteiger partial charge in [-0.25, -0.2) is 0 Å². The van der Waals surface area contributed by atoms with Gasteiger partial charge in [-0.3, -0.25) is 0 Å². The number of hydrogen-bond acceptors (Lipinski definition) is 3. The third-order valence-electron chi connectivity index (χ3n) is 2.67. The number of nitrogens with one attached hydrogen (secondary N) is 1. The summed E-state index contributed by atoms with van der Waals surface area (Å²) in [6, 6.07) is 0. The van der Waals surface area contributed by atoms with Crippen LogP contribution in [0.4, 0.5) is 0 Å². The standard InChI is InChI=1S/C13H29NO2/c1-4-6-7-8-9-12(3)16-11-13(15)10-14-5-2/h12-15H,4-11H2,1-3H3. The Labute approximate surface area is 101 Å². The van der Waals surface area contributed by atoms with Gasteiger partial charge >= 0.3 is 0 Å². The predicted molar refractivity (Wildman–Crippen MR) is 68.7 cm³/mol. The van der Waals surface area contributed by atoms with Gasteiger partial charge in [0.25, 0.3) is 0 Å². The molecule has 98 valence electrons. The number of ether oxygens (including phenoxy) is 1. The molecule has 3 nitrogen and oxygen atoms in total. The molecule has 0 heterocycles. The molecule has 2 atom stereocenters. The van der Waals surface area contributed by atoms with E-state index in [1.807, 2.05) is 6.92 Å². The normalized spacial score (nSPS) is 15.0. The predicted octanol–water partition coefficient (Wildman–Crippen LogP) is 2.33. The average molecular weight is 231 g/mol. The maximum Gasteiger partial charge on any atom is 0.0897 e. The largest absolute Gasteiger partial charge is 0.389 e. The lowest BCUT2D eigenvalue weighted by Crippen LogP contribution is -2.31. The van der Waals surface area contributed by atoms with Crippen LogP contribution in [0.25, 0.3) is 0 Å². The number of rotatable bonds is 11. The number of likely N-dealkylation sites (N-methyl/N-ethyl adjacent to an activating group) is 1. The molecule has 0 aromatic rings. The highest BCUT2D eigenvalue weighted by molar-refractivity contribution is 4.59. The van der Waals surface area contributed by atoms with Crippen LogP contribution in [0.3, 0.4) is 0 Å². The highest BCUT2D eigenvalue weighted by atomic mass is 16.5. The Bertz CT molecular complexity index is 142. The summed E-state index contributed by atoms with van der Waals surface area (Å²) in [5, 5.41) is 12.7. The van der Waals surface area contributed by atoms with Crippen LogP contribution >= 0.6 is 0 Å². The quantitative estimate of drug-likeness (QED) is 0.536. The summed E-state index contributed by atoms with van der Waals surface area (Å²) >= 11 is 0. The van der Waals surface area contributed by atoms with Gasteiger partial charge in [0, 0.05) is 6.54 Å². The van der Waals surface area contributed by atoms with Gasteiger partial charge in [-0.05, 0) is 19.9 Å². The lowest BCUT2D eigenvalue weighted by atomic mass is 10.1. The summed E-state index contributed by atoms with van der Waals surface area (Å²) < 4.78 is 5.59. The smallest absolute Gasteiger partial charge is 0.0897 e. The van der Waals surface area contributed by atoms with Crippen molar-refractivity contribution in [1.29, 1.82) is 0 Å². The van der Waals surface area contributed by atoms with Gasteiger partial charge in [0.05, 0.1) is 18.8 Å². The minimum atomic E-state index is -0.377. The summed E-state index contributed by atoms with van der Waals surface area (Å²) in [6.45, 7) is 8.30. The first-order valence-electron chi connectivity index (χ1n) is 6.71. The molecule has 3 heteroatoms. The Morgan fingerprint density at radius 3 is 2.56 bits per heavy atom. The molecule has 0 aromatic carbocycles. The van der Waals surface area contributed by atoms with Crippen LogP contribution in [0.15, 0.2) is 0 Å². The molecule has 2 N–H and O–H groups in total. The molecule has 0 aromatic heterocycles. The molecule has 0 aliphatic heterocycles. The Morgan fingerprint density at radius 1 is 1.19 bits per heavy atom. The first kappa shape index (κ1) is 15.9. The topological polar surface area (TPSA) is 41.5 Å². The van der Waals surface area contributed by atoms with Crippen molar-refractivity contribution in [3.8, 4) is 0 Å². The number of unbranched alkanes of at least 4 members (excludes halogenated alkanes) is 3. The summed E-state index contributed by atoms with van der Waals surface area (Å²) in [5.41, 5.74) is 0. The Hall–Kier alpha value is -0.120. The molecular formula is C13H29NO2. The van der Waals surface area contributed by atoms with Crippen molar-refractivity contribution < 1.29 is 9.84 Å². The molecule has 0 radical (unpaired) electrons. The van der Waals surface area contributed by atoms with Crippen LogP contribution in [-0.4, -0.2) is 37.0 Å². The molecule has 0 saturated carbocycles. The zero-order valence-corrected chi connectivity index (χ0v) is 11.2. The van der Waals surface area contributed by atoms with Crippen molar-refractivity contribution in [2.24, 2.45) is 0 Å². The summed E-state index contributed by atoms with van der Waals surface area (Å²) in [5.74, 6) is 0. The highest BCUT2D eigenvalue weighted by Gasteiger charge is 2.07. The van der Waals surface area contributed by atoms with Crippen molar-refractivity contribution in [3.05, 3.63) is 0 Å². The Kier molecular flexibility index (Phi) is 11.3. The van der Waals surface area contributed by atoms with E-state index in [0.29, 0.717) is 13.2 Å². The van der Waals surface area contributed by atoms with Crippen LogP contribution in [0.1, 0.15) is 52.9 Å². The van der Waals surface area contributed by atoms with Crippen LogP contribution in [0.2, 0.25) is 0 Å². The van der Waals surface area contributed by atoms with E-state index in [-0.39, 0.29) is 12.2 Å². The molecule has 0 aliphatic rings. The van der Waals surface area contributed by atoms with E-state index < -0.39 is 0 Å². The first-order chi connectivity index (χ1) is 7.70. The van der Waals surface area contributed by atoms with Crippen LogP contribution in [-0.2, 0) is 4.74 Å². The average Bonchev–Trinajstić information content (AvgIpc) is 2.29. The van der Waals surface area contributed by atoms with E-state index in [1.54, 1.807) is 0 Å². The van der Waals surface area contributed by atoms with E-state index in [9.17, 15) is 5.11 Å². The fraction of sp³-hybridized carbons (Fsp3) is 1.00. The first-order valence-corrected chi connectivity index (χ1v) is 6.71. The van der Waals surface area contributed by atoms with Gasteiger partial charge in [-0.2, -0.15) is 0 Å². The van der Waals surface area contributed by atoms with Gasteiger partial charge in [-0.15, -0.1) is 0 Å². The number of hydrogen-bond donors (Lipinski definition) is 2. The van der Waals surface area contributed by atoms with Gasteiger partial charge in [-0.1, -0.05) is 39.5 Å². The lowest BCUT2D eigenvalue weighted by Gasteiger charge is -2.16. The summed E-state index contributed by atoms with van der Waals surface area (Å²) in [7, 11) is 0. The number of aliphatic hydroxyl groups is 1. The van der Waals surface area contributed by atoms with Crippen LogP contribution in [0, 0.1) is 0 Å². The molecule has 16 heavy (non-hydrogen) atoms. The minimum absolute atomic E-state index is 0.271. The van der Waals surface area contributed by atoms with Gasteiger partial charge in [0.1, 0.15) is 0 Å². The Balaban J connectivity index is 3.31. The van der Waals surface area contributed by atoms with E-state index in [2.05, 4.69) is 19.2 Å². The molecule has 0 bridgehead atoms. The van der Waals surface area contributed by atoms with E-state index in [4.69, 9.17) is 4.74 Å². The highest BCUT2D eigenvalue weighted by Crippen LogP contribution is 2.07. The third kappa shape index (κ3) is 10.4. The second kappa shape index (κ2) is 11.4. The molecule has 0 fully saturated rings. The lowest BCUT2D eigenvalue weighted by molar-refractivity contribution is -0.00476. The fourth-order valence-electron chi connectivity index (χ4n) is 1.59. The zero-order chi connectivity index (χ0) is 12.2. The summed E-state index contributed by atoms with van der Waals surface area (Å²) in [6.07, 6.45) is 6.12. The third-order valence-corrected chi connectivity index (χ3v) is 2.67. The van der Waals surface area contributed by atoms with E-state index in [0.717, 1.165) is 13.0 Å². The van der Waals surface area contributed by atoms with Gasteiger partial charge < -0.3 is 15.2 Å². The van der Waals surface area contributed by atoms with Crippen molar-refractivity contribution in [2.75, 3.05) is 19.7 Å². The van der Waals surface area contributed by atoms with Crippen molar-refractivity contribution in [1.82, 2.24) is 5.32 Å². The van der Waals surface area contributed by atoms with E-state index >= 15 is 0 Å². The van der Waals surface area contributed by atoms with E-state index in [1.165, 1.54) is 25.7 Å². The van der Waals surface area contributed by atoms with Gasteiger partial charge in [0.15, 0.2) is 0 Å². The second-order valence-corrected chi connectivity index (χ2v) is 4.45. The molecule has 0 amide bonds. The SMILES string of the molecule is CCCCCCC(C)OCC(O)CNCC. The van der Waals surface area contributed by atoms with Crippen LogP contribution in [0.5, 0.6) is 0 Å². The zero-order valence-electron chi connectivity index (χ0n) is 11.2. The maximum atomic E-state index is 9.55. The van der Waals surface area contributed by atoms with Crippen molar-refractivity contribution >= 4 is 0 Å². The molecule has 0 aliphatic carbocycles. The number of aliphatic hydroxyl groups excluding tert-OH is 1. The Morgan fingerprint density at radius 2 is 1.94 bits per heavy atom. The maximum absolute atomic E-state index is 9.55. The monoisotopic (exact) mass is 231 g/mol. The molecule has 0 saturated heterocycles. The molecule has 2 unspecified atom stereocenters. The van der Waals surface area contributed by atoms with Crippen molar-refractivity contribution in [3.63, 3.8) is 0 Å². The minimum Gasteiger partial charge on any atom is -0.389 e. The summed E-state index contributed by atoms with van der Waals surface area (Å²) in [4.78, 5) is 0. The molecule has 0 rings (SSSR count). The fourth-order valence-corrected chi connectivity index (χ4v) is 1.59. The molecular weight excluding hydrogens is 202 g/mol. The van der Waals surface area contributed by atoms with Gasteiger partial charge in [0.2, 0.25) is 0 Å². The molecule has 0 spiro atoms. The second-order valence-electron chi connectivity index (χ2n) is 4.45.